The molecule has 12 heavy (non-hydrogen) atoms. The van der Waals surface area contributed by atoms with Gasteiger partial charge < -0.3 is 5.73 Å². The van der Waals surface area contributed by atoms with Gasteiger partial charge in [0.1, 0.15) is 0 Å². The van der Waals surface area contributed by atoms with Gasteiger partial charge in [0.2, 0.25) is 0 Å². The van der Waals surface area contributed by atoms with Crippen molar-refractivity contribution in [3.05, 3.63) is 0 Å². The van der Waals surface area contributed by atoms with E-state index in [0.717, 1.165) is 6.54 Å². The van der Waals surface area contributed by atoms with Crippen molar-refractivity contribution in [1.29, 1.82) is 0 Å². The Morgan fingerprint density at radius 2 is 1.50 bits per heavy atom. The molecule has 0 aliphatic carbocycles. The molecule has 0 unspecified atom stereocenters. The average Bonchev–Trinajstić information content (AvgIpc) is 1.84. The van der Waals surface area contributed by atoms with Crippen molar-refractivity contribution in [3.8, 4) is 0 Å². The van der Waals surface area contributed by atoms with Crippen molar-refractivity contribution in [1.82, 2.24) is 0 Å². The average molecular weight is 189 g/mol. The standard InChI is InChI=1S/C10H23NS/c1-9(2,3)7-12-8-10(4,5)6-11/h6-8,11H2,1-5H3. The molecule has 0 atom stereocenters. The molecule has 0 saturated carbocycles. The largest absolute Gasteiger partial charge is 0.330 e. The van der Waals surface area contributed by atoms with Crippen molar-refractivity contribution >= 4 is 11.8 Å². The molecule has 1 nitrogen and oxygen atoms in total. The number of hydrogen-bond acceptors (Lipinski definition) is 2. The molecule has 0 amide bonds. The molecule has 0 radical (unpaired) electrons. The van der Waals surface area contributed by atoms with E-state index in [0.29, 0.717) is 10.8 Å². The first-order valence-electron chi connectivity index (χ1n) is 4.55. The van der Waals surface area contributed by atoms with E-state index in [4.69, 9.17) is 5.73 Å². The van der Waals surface area contributed by atoms with E-state index in [-0.39, 0.29) is 0 Å². The summed E-state index contributed by atoms with van der Waals surface area (Å²) in [5, 5.41) is 0. The third-order valence-electron chi connectivity index (χ3n) is 1.58. The van der Waals surface area contributed by atoms with Gasteiger partial charge in [-0.05, 0) is 28.9 Å². The van der Waals surface area contributed by atoms with Crippen molar-refractivity contribution in [2.45, 2.75) is 34.6 Å². The van der Waals surface area contributed by atoms with Crippen LogP contribution in [0.5, 0.6) is 0 Å². The summed E-state index contributed by atoms with van der Waals surface area (Å²) >= 11 is 2.01. The van der Waals surface area contributed by atoms with Gasteiger partial charge in [-0.15, -0.1) is 0 Å². The van der Waals surface area contributed by atoms with Gasteiger partial charge in [-0.25, -0.2) is 0 Å². The Labute approximate surface area is 81.5 Å². The molecule has 0 rings (SSSR count). The second kappa shape index (κ2) is 4.52. The fraction of sp³-hybridized carbons (Fsp3) is 1.00. The normalized spacial score (nSPS) is 13.5. The fourth-order valence-electron chi connectivity index (χ4n) is 0.692. The van der Waals surface area contributed by atoms with Gasteiger partial charge in [-0.2, -0.15) is 11.8 Å². The predicted molar refractivity (Wildman–Crippen MR) is 59.6 cm³/mol. The SMILES string of the molecule is CC(C)(C)CSCC(C)(C)CN. The van der Waals surface area contributed by atoms with Crippen LogP contribution in [-0.4, -0.2) is 18.1 Å². The first kappa shape index (κ1) is 12.3. The Bertz CT molecular complexity index is 124. The van der Waals surface area contributed by atoms with Crippen molar-refractivity contribution in [3.63, 3.8) is 0 Å². The van der Waals surface area contributed by atoms with Crippen LogP contribution in [0.3, 0.4) is 0 Å². The van der Waals surface area contributed by atoms with Gasteiger partial charge in [-0.3, -0.25) is 0 Å². The Kier molecular flexibility index (Phi) is 4.64. The molecule has 74 valence electrons. The highest BCUT2D eigenvalue weighted by Gasteiger charge is 2.17. The quantitative estimate of drug-likeness (QED) is 0.736. The van der Waals surface area contributed by atoms with E-state index in [1.54, 1.807) is 0 Å². The molecule has 0 aliphatic heterocycles. The van der Waals surface area contributed by atoms with Crippen LogP contribution in [0.25, 0.3) is 0 Å². The van der Waals surface area contributed by atoms with Gasteiger partial charge in [0, 0.05) is 0 Å². The molecule has 0 fully saturated rings. The number of rotatable bonds is 4. The van der Waals surface area contributed by atoms with Crippen LogP contribution >= 0.6 is 11.8 Å². The second-order valence-electron chi connectivity index (χ2n) is 5.42. The lowest BCUT2D eigenvalue weighted by atomic mass is 9.97. The molecule has 0 bridgehead atoms. The third kappa shape index (κ3) is 6.99. The van der Waals surface area contributed by atoms with Crippen LogP contribution in [0.4, 0.5) is 0 Å². The summed E-state index contributed by atoms with van der Waals surface area (Å²) in [6.07, 6.45) is 0. The smallest absolute Gasteiger partial charge is 0.000383 e. The summed E-state index contributed by atoms with van der Waals surface area (Å²) in [6.45, 7) is 12.1. The summed E-state index contributed by atoms with van der Waals surface area (Å²) in [6, 6.07) is 0. The van der Waals surface area contributed by atoms with Crippen molar-refractivity contribution < 1.29 is 0 Å². The van der Waals surface area contributed by atoms with Crippen LogP contribution in [0, 0.1) is 10.8 Å². The van der Waals surface area contributed by atoms with E-state index < -0.39 is 0 Å². The third-order valence-corrected chi connectivity index (χ3v) is 3.64. The number of hydrogen-bond donors (Lipinski definition) is 1. The minimum Gasteiger partial charge on any atom is -0.330 e. The number of nitrogens with two attached hydrogens (primary N) is 1. The van der Waals surface area contributed by atoms with E-state index in [1.165, 1.54) is 11.5 Å². The zero-order valence-corrected chi connectivity index (χ0v) is 9.92. The molecule has 0 spiro atoms. The molecule has 2 heteroatoms. The summed E-state index contributed by atoms with van der Waals surface area (Å²) < 4.78 is 0. The molecule has 0 heterocycles. The first-order chi connectivity index (χ1) is 5.27. The fourth-order valence-corrected chi connectivity index (χ4v) is 2.08. The maximum atomic E-state index is 5.64. The molecular weight excluding hydrogens is 166 g/mol. The van der Waals surface area contributed by atoms with Gasteiger partial charge in [0.15, 0.2) is 0 Å². The van der Waals surface area contributed by atoms with Crippen LogP contribution in [0.2, 0.25) is 0 Å². The zero-order valence-electron chi connectivity index (χ0n) is 9.11. The maximum absolute atomic E-state index is 5.64. The lowest BCUT2D eigenvalue weighted by Gasteiger charge is -2.24. The molecule has 0 aliphatic rings. The monoisotopic (exact) mass is 189 g/mol. The minimum atomic E-state index is 0.302. The molecule has 0 aromatic heterocycles. The second-order valence-corrected chi connectivity index (χ2v) is 6.41. The highest BCUT2D eigenvalue weighted by molar-refractivity contribution is 7.99. The number of thioether (sulfide) groups is 1. The summed E-state index contributed by atoms with van der Waals surface area (Å²) in [7, 11) is 0. The summed E-state index contributed by atoms with van der Waals surface area (Å²) in [5.74, 6) is 2.39. The van der Waals surface area contributed by atoms with Crippen LogP contribution in [0.15, 0.2) is 0 Å². The van der Waals surface area contributed by atoms with Crippen LogP contribution < -0.4 is 5.73 Å². The highest BCUT2D eigenvalue weighted by atomic mass is 32.2. The van der Waals surface area contributed by atoms with E-state index >= 15 is 0 Å². The van der Waals surface area contributed by atoms with Crippen molar-refractivity contribution in [2.75, 3.05) is 18.1 Å². The minimum absolute atomic E-state index is 0.302. The summed E-state index contributed by atoms with van der Waals surface area (Å²) in [5.41, 5.74) is 6.38. The molecule has 2 N–H and O–H groups in total. The van der Waals surface area contributed by atoms with Gasteiger partial charge in [0.05, 0.1) is 0 Å². The predicted octanol–water partition coefficient (Wildman–Crippen LogP) is 2.75. The molecule has 0 saturated heterocycles. The van der Waals surface area contributed by atoms with Gasteiger partial charge >= 0.3 is 0 Å². The zero-order chi connectivity index (χ0) is 9.83. The van der Waals surface area contributed by atoms with Crippen LogP contribution in [-0.2, 0) is 0 Å². The first-order valence-corrected chi connectivity index (χ1v) is 5.70. The molecule has 0 aromatic carbocycles. The highest BCUT2D eigenvalue weighted by Crippen LogP contribution is 2.26. The van der Waals surface area contributed by atoms with E-state index in [1.807, 2.05) is 11.8 Å². The Hall–Kier alpha value is 0.310. The van der Waals surface area contributed by atoms with Gasteiger partial charge in [0.25, 0.3) is 0 Å². The van der Waals surface area contributed by atoms with Gasteiger partial charge in [-0.1, -0.05) is 34.6 Å². The van der Waals surface area contributed by atoms with E-state index in [9.17, 15) is 0 Å². The Morgan fingerprint density at radius 3 is 1.83 bits per heavy atom. The van der Waals surface area contributed by atoms with E-state index in [2.05, 4.69) is 34.6 Å². The van der Waals surface area contributed by atoms with Crippen molar-refractivity contribution in [2.24, 2.45) is 16.6 Å². The Balaban J connectivity index is 3.57. The lowest BCUT2D eigenvalue weighted by Crippen LogP contribution is -2.26. The summed E-state index contributed by atoms with van der Waals surface area (Å²) in [4.78, 5) is 0. The lowest BCUT2D eigenvalue weighted by molar-refractivity contribution is 0.434. The van der Waals surface area contributed by atoms with Crippen LogP contribution in [0.1, 0.15) is 34.6 Å². The maximum Gasteiger partial charge on any atom is -0.000383 e. The molecule has 0 aromatic rings. The topological polar surface area (TPSA) is 26.0 Å². The molecular formula is C10H23NS. The Morgan fingerprint density at radius 1 is 1.00 bits per heavy atom.